The second-order valence-corrected chi connectivity index (χ2v) is 6.77. The number of amides is 1. The van der Waals surface area contributed by atoms with Crippen molar-refractivity contribution in [1.29, 1.82) is 0 Å². The van der Waals surface area contributed by atoms with Gasteiger partial charge in [0.2, 0.25) is 5.95 Å². The van der Waals surface area contributed by atoms with E-state index in [0.29, 0.717) is 17.6 Å². The van der Waals surface area contributed by atoms with Crippen molar-refractivity contribution in [3.8, 4) is 0 Å². The summed E-state index contributed by atoms with van der Waals surface area (Å²) in [7, 11) is 0. The van der Waals surface area contributed by atoms with Crippen LogP contribution in [0.4, 0.5) is 11.6 Å². The van der Waals surface area contributed by atoms with E-state index in [2.05, 4.69) is 23.8 Å². The third kappa shape index (κ3) is 3.98. The van der Waals surface area contributed by atoms with E-state index in [0.717, 1.165) is 37.4 Å². The van der Waals surface area contributed by atoms with Gasteiger partial charge in [-0.05, 0) is 50.8 Å². The predicted octanol–water partition coefficient (Wildman–Crippen LogP) is 3.82. The lowest BCUT2D eigenvalue weighted by Crippen LogP contribution is -2.39. The molecule has 1 aliphatic heterocycles. The Morgan fingerprint density at radius 1 is 1.28 bits per heavy atom. The smallest absolute Gasteiger partial charge is 0.272 e. The Kier molecular flexibility index (Phi) is 5.31. The van der Waals surface area contributed by atoms with Crippen molar-refractivity contribution in [3.05, 3.63) is 47.8 Å². The first-order chi connectivity index (χ1) is 12.1. The number of rotatable bonds is 4. The SMILES string of the molecule is CCN(c1ccccc1)c1nc(C)cc(C(=O)N2CCCC(C)C2)n1. The van der Waals surface area contributed by atoms with Crippen LogP contribution in [-0.4, -0.2) is 40.4 Å². The number of aromatic nitrogens is 2. The number of hydrogen-bond acceptors (Lipinski definition) is 4. The third-order valence-electron chi connectivity index (χ3n) is 4.63. The van der Waals surface area contributed by atoms with E-state index in [1.807, 2.05) is 47.1 Å². The molecule has 1 aromatic carbocycles. The molecule has 2 aromatic rings. The summed E-state index contributed by atoms with van der Waals surface area (Å²) in [6.45, 7) is 8.55. The molecule has 132 valence electrons. The molecule has 1 saturated heterocycles. The third-order valence-corrected chi connectivity index (χ3v) is 4.63. The second-order valence-electron chi connectivity index (χ2n) is 6.77. The van der Waals surface area contributed by atoms with Crippen LogP contribution >= 0.6 is 0 Å². The molecule has 1 aliphatic rings. The van der Waals surface area contributed by atoms with Gasteiger partial charge in [0.05, 0.1) is 0 Å². The van der Waals surface area contributed by atoms with Gasteiger partial charge in [0.25, 0.3) is 5.91 Å². The Bertz CT molecular complexity index is 732. The lowest BCUT2D eigenvalue weighted by Gasteiger charge is -2.31. The number of anilines is 2. The van der Waals surface area contributed by atoms with Gasteiger partial charge >= 0.3 is 0 Å². The minimum absolute atomic E-state index is 0.0161. The molecule has 3 rings (SSSR count). The molecule has 0 radical (unpaired) electrons. The standard InChI is InChI=1S/C20H26N4O/c1-4-24(17-10-6-5-7-11-17)20-21-16(3)13-18(22-20)19(25)23-12-8-9-15(2)14-23/h5-7,10-11,13,15H,4,8-9,12,14H2,1-3H3. The fraction of sp³-hybridized carbons (Fsp3) is 0.450. The van der Waals surface area contributed by atoms with Crippen LogP contribution in [0.3, 0.4) is 0 Å². The number of piperidine rings is 1. The molecule has 1 amide bonds. The molecule has 0 saturated carbocycles. The Hall–Kier alpha value is -2.43. The Morgan fingerprint density at radius 2 is 2.04 bits per heavy atom. The number of carbonyl (C=O) groups is 1. The van der Waals surface area contributed by atoms with Crippen molar-refractivity contribution in [3.63, 3.8) is 0 Å². The van der Waals surface area contributed by atoms with Gasteiger partial charge < -0.3 is 9.80 Å². The summed E-state index contributed by atoms with van der Waals surface area (Å²) in [4.78, 5) is 26.0. The van der Waals surface area contributed by atoms with E-state index in [1.165, 1.54) is 6.42 Å². The van der Waals surface area contributed by atoms with Crippen LogP contribution in [0.2, 0.25) is 0 Å². The van der Waals surface area contributed by atoms with Crippen molar-refractivity contribution in [2.45, 2.75) is 33.6 Å². The number of aryl methyl sites for hydroxylation is 1. The number of likely N-dealkylation sites (tertiary alicyclic amines) is 1. The lowest BCUT2D eigenvalue weighted by molar-refractivity contribution is 0.0677. The topological polar surface area (TPSA) is 49.3 Å². The average molecular weight is 338 g/mol. The quantitative estimate of drug-likeness (QED) is 0.850. The van der Waals surface area contributed by atoms with Gasteiger partial charge in [0.15, 0.2) is 0 Å². The number of para-hydroxylation sites is 1. The Balaban J connectivity index is 1.91. The highest BCUT2D eigenvalue weighted by molar-refractivity contribution is 5.92. The van der Waals surface area contributed by atoms with Crippen LogP contribution in [0.25, 0.3) is 0 Å². The molecule has 25 heavy (non-hydrogen) atoms. The first-order valence-electron chi connectivity index (χ1n) is 9.06. The first kappa shape index (κ1) is 17.4. The lowest BCUT2D eigenvalue weighted by atomic mass is 10.00. The Labute approximate surface area is 149 Å². The van der Waals surface area contributed by atoms with E-state index in [1.54, 1.807) is 6.07 Å². The van der Waals surface area contributed by atoms with Gasteiger partial charge in [0.1, 0.15) is 5.69 Å². The summed E-state index contributed by atoms with van der Waals surface area (Å²) in [5.41, 5.74) is 2.33. The zero-order chi connectivity index (χ0) is 17.8. The van der Waals surface area contributed by atoms with E-state index < -0.39 is 0 Å². The van der Waals surface area contributed by atoms with Crippen LogP contribution in [0.15, 0.2) is 36.4 Å². The van der Waals surface area contributed by atoms with E-state index in [-0.39, 0.29) is 5.91 Å². The summed E-state index contributed by atoms with van der Waals surface area (Å²) in [5, 5.41) is 0. The molecule has 0 N–H and O–H groups in total. The van der Waals surface area contributed by atoms with E-state index in [9.17, 15) is 4.79 Å². The summed E-state index contributed by atoms with van der Waals surface area (Å²) in [5.74, 6) is 1.15. The van der Waals surface area contributed by atoms with Gasteiger partial charge in [-0.2, -0.15) is 0 Å². The van der Waals surface area contributed by atoms with E-state index in [4.69, 9.17) is 0 Å². The molecule has 0 aliphatic carbocycles. The summed E-state index contributed by atoms with van der Waals surface area (Å²) in [6, 6.07) is 11.8. The number of nitrogens with zero attached hydrogens (tertiary/aromatic N) is 4. The maximum absolute atomic E-state index is 12.9. The fourth-order valence-corrected chi connectivity index (χ4v) is 3.37. The van der Waals surface area contributed by atoms with Gasteiger partial charge in [-0.25, -0.2) is 9.97 Å². The minimum atomic E-state index is 0.0161. The zero-order valence-corrected chi connectivity index (χ0v) is 15.3. The Morgan fingerprint density at radius 3 is 2.72 bits per heavy atom. The van der Waals surface area contributed by atoms with Crippen molar-refractivity contribution < 1.29 is 4.79 Å². The van der Waals surface area contributed by atoms with Crippen LogP contribution in [0, 0.1) is 12.8 Å². The highest BCUT2D eigenvalue weighted by Gasteiger charge is 2.24. The van der Waals surface area contributed by atoms with Crippen LogP contribution in [-0.2, 0) is 0 Å². The zero-order valence-electron chi connectivity index (χ0n) is 15.3. The molecule has 0 bridgehead atoms. The van der Waals surface area contributed by atoms with Crippen LogP contribution < -0.4 is 4.90 Å². The summed E-state index contributed by atoms with van der Waals surface area (Å²) < 4.78 is 0. The van der Waals surface area contributed by atoms with Gasteiger partial charge in [-0.1, -0.05) is 25.1 Å². The molecule has 0 spiro atoms. The predicted molar refractivity (Wildman–Crippen MR) is 100 cm³/mol. The molecular weight excluding hydrogens is 312 g/mol. The molecule has 5 heteroatoms. The van der Waals surface area contributed by atoms with Crippen molar-refractivity contribution in [1.82, 2.24) is 14.9 Å². The second kappa shape index (κ2) is 7.64. The largest absolute Gasteiger partial charge is 0.337 e. The maximum atomic E-state index is 12.9. The fourth-order valence-electron chi connectivity index (χ4n) is 3.37. The number of carbonyl (C=O) groups excluding carboxylic acids is 1. The van der Waals surface area contributed by atoms with Crippen molar-refractivity contribution in [2.75, 3.05) is 24.5 Å². The number of hydrogen-bond donors (Lipinski definition) is 0. The van der Waals surface area contributed by atoms with Crippen molar-refractivity contribution in [2.24, 2.45) is 5.92 Å². The summed E-state index contributed by atoms with van der Waals surface area (Å²) >= 11 is 0. The molecule has 1 fully saturated rings. The van der Waals surface area contributed by atoms with Crippen LogP contribution in [0.1, 0.15) is 42.9 Å². The monoisotopic (exact) mass is 338 g/mol. The highest BCUT2D eigenvalue weighted by atomic mass is 16.2. The molecule has 1 unspecified atom stereocenters. The maximum Gasteiger partial charge on any atom is 0.272 e. The van der Waals surface area contributed by atoms with Crippen molar-refractivity contribution >= 4 is 17.5 Å². The van der Waals surface area contributed by atoms with Gasteiger partial charge in [-0.15, -0.1) is 0 Å². The molecular formula is C20H26N4O. The normalized spacial score (nSPS) is 17.4. The van der Waals surface area contributed by atoms with Gasteiger partial charge in [-0.3, -0.25) is 4.79 Å². The van der Waals surface area contributed by atoms with Gasteiger partial charge in [0, 0.05) is 31.0 Å². The molecule has 1 atom stereocenters. The highest BCUT2D eigenvalue weighted by Crippen LogP contribution is 2.23. The molecule has 1 aromatic heterocycles. The first-order valence-corrected chi connectivity index (χ1v) is 9.06. The minimum Gasteiger partial charge on any atom is -0.337 e. The van der Waals surface area contributed by atoms with E-state index >= 15 is 0 Å². The summed E-state index contributed by atoms with van der Waals surface area (Å²) in [6.07, 6.45) is 2.25. The molecule has 2 heterocycles. The number of benzene rings is 1. The van der Waals surface area contributed by atoms with Crippen LogP contribution in [0.5, 0.6) is 0 Å². The molecule has 5 nitrogen and oxygen atoms in total. The average Bonchev–Trinajstić information content (AvgIpc) is 2.62.